The number of rotatable bonds is 6. The minimum Gasteiger partial charge on any atom is -0.399 e. The Morgan fingerprint density at radius 3 is 1.60 bits per heavy atom. The zero-order valence-corrected chi connectivity index (χ0v) is 22.8. The van der Waals surface area contributed by atoms with Crippen LogP contribution < -0.4 is 26.5 Å². The van der Waals surface area contributed by atoms with Gasteiger partial charge in [-0.1, -0.05) is 66.7 Å². The van der Waals surface area contributed by atoms with Gasteiger partial charge in [0, 0.05) is 5.69 Å². The first kappa shape index (κ1) is 25.7. The third kappa shape index (κ3) is 4.49. The summed E-state index contributed by atoms with van der Waals surface area (Å²) in [6.07, 6.45) is 0. The van der Waals surface area contributed by atoms with Gasteiger partial charge in [-0.05, 0) is 84.5 Å². The highest BCUT2D eigenvalue weighted by atomic mass is 32.2. The van der Waals surface area contributed by atoms with E-state index in [2.05, 4.69) is 24.3 Å². The number of fused-ring (bicyclic) bond motifs is 1. The fraction of sp³-hybridized carbons (Fsp3) is 0. The van der Waals surface area contributed by atoms with Crippen molar-refractivity contribution in [2.24, 2.45) is 0 Å². The molecular weight excluding hydrogens is 539 g/mol. The zero-order chi connectivity index (χ0) is 27.9. The van der Waals surface area contributed by atoms with E-state index in [0.29, 0.717) is 22.5 Å². The van der Waals surface area contributed by atoms with Gasteiger partial charge in [-0.15, -0.1) is 0 Å². The highest BCUT2D eigenvalue weighted by Crippen LogP contribution is 2.36. The lowest BCUT2D eigenvalue weighted by atomic mass is 10.1. The molecule has 0 saturated heterocycles. The number of anilines is 2. The molecule has 0 aliphatic carbocycles. The van der Waals surface area contributed by atoms with Gasteiger partial charge in [0.05, 0.1) is 26.6 Å². The fourth-order valence-electron chi connectivity index (χ4n) is 4.76. The molecule has 40 heavy (non-hydrogen) atoms. The third-order valence-corrected chi connectivity index (χ3v) is 11.0. The third-order valence-electron chi connectivity index (χ3n) is 6.75. The predicted octanol–water partition coefficient (Wildman–Crippen LogP) is 4.66. The van der Waals surface area contributed by atoms with Crippen molar-refractivity contribution in [3.63, 3.8) is 0 Å². The van der Waals surface area contributed by atoms with E-state index in [-0.39, 0.29) is 9.79 Å². The normalized spacial score (nSPS) is 13.1. The molecule has 0 bridgehead atoms. The van der Waals surface area contributed by atoms with Crippen molar-refractivity contribution in [2.75, 3.05) is 10.6 Å². The Morgan fingerprint density at radius 1 is 0.550 bits per heavy atom. The van der Waals surface area contributed by atoms with Gasteiger partial charge in [0.15, 0.2) is 0 Å². The summed E-state index contributed by atoms with van der Waals surface area (Å²) < 4.78 is 26.1. The summed E-state index contributed by atoms with van der Waals surface area (Å²) in [6, 6.07) is 37.4. The minimum atomic E-state index is -3.79. The molecule has 1 aliphatic heterocycles. The van der Waals surface area contributed by atoms with E-state index in [1.807, 2.05) is 48.5 Å². The lowest BCUT2D eigenvalue weighted by Gasteiger charge is -2.19. The molecule has 6 nitrogen and oxygen atoms in total. The molecule has 2 amide bonds. The number of nitrogen functional groups attached to an aromatic ring is 1. The smallest absolute Gasteiger partial charge is 0.266 e. The Bertz CT molecular complexity index is 1800. The lowest BCUT2D eigenvalue weighted by molar-refractivity contribution is 0.0926. The van der Waals surface area contributed by atoms with Crippen LogP contribution in [-0.2, 0) is 9.84 Å². The maximum atomic E-state index is 13.6. The number of amides is 2. The van der Waals surface area contributed by atoms with Gasteiger partial charge in [-0.2, -0.15) is 0 Å². The zero-order valence-electron chi connectivity index (χ0n) is 21.1. The Morgan fingerprint density at radius 2 is 1.05 bits per heavy atom. The van der Waals surface area contributed by atoms with Crippen LogP contribution in [0.3, 0.4) is 0 Å². The van der Waals surface area contributed by atoms with Crippen LogP contribution in [0.25, 0.3) is 0 Å². The average Bonchev–Trinajstić information content (AvgIpc) is 3.23. The van der Waals surface area contributed by atoms with Crippen molar-refractivity contribution < 1.29 is 18.0 Å². The van der Waals surface area contributed by atoms with Crippen LogP contribution in [0.2, 0.25) is 0 Å². The largest absolute Gasteiger partial charge is 0.399 e. The van der Waals surface area contributed by atoms with E-state index in [9.17, 15) is 18.0 Å². The molecule has 8 heteroatoms. The summed E-state index contributed by atoms with van der Waals surface area (Å²) in [6.45, 7) is 0. The second kappa shape index (κ2) is 10.2. The second-order valence-electron chi connectivity index (χ2n) is 9.25. The summed E-state index contributed by atoms with van der Waals surface area (Å²) in [5.41, 5.74) is 7.10. The van der Waals surface area contributed by atoms with Gasteiger partial charge < -0.3 is 5.73 Å². The molecule has 5 aromatic rings. The van der Waals surface area contributed by atoms with Crippen molar-refractivity contribution >= 4 is 56.9 Å². The van der Waals surface area contributed by atoms with Crippen LogP contribution in [0, 0.1) is 0 Å². The SMILES string of the molecule is Nc1ccc(S(=O)(=O)c2ccc(N3C(=O)c4ccc(P(c5ccccc5)c5ccccc5)cc4C3=O)cc2)cc1. The summed E-state index contributed by atoms with van der Waals surface area (Å²) in [7, 11) is -4.74. The first-order valence-electron chi connectivity index (χ1n) is 12.5. The number of carbonyl (C=O) groups is 2. The summed E-state index contributed by atoms with van der Waals surface area (Å²) in [4.78, 5) is 28.2. The average molecular weight is 563 g/mol. The molecule has 5 aromatic carbocycles. The Balaban J connectivity index is 1.34. The van der Waals surface area contributed by atoms with Crippen molar-refractivity contribution in [1.82, 2.24) is 0 Å². The van der Waals surface area contributed by atoms with Gasteiger partial charge >= 0.3 is 0 Å². The molecule has 1 heterocycles. The maximum Gasteiger partial charge on any atom is 0.266 e. The van der Waals surface area contributed by atoms with E-state index in [0.717, 1.165) is 20.8 Å². The lowest BCUT2D eigenvalue weighted by Crippen LogP contribution is -2.29. The number of hydrogen-bond donors (Lipinski definition) is 1. The Kier molecular flexibility index (Phi) is 6.54. The van der Waals surface area contributed by atoms with Gasteiger partial charge in [0.2, 0.25) is 9.84 Å². The van der Waals surface area contributed by atoms with Gasteiger partial charge in [0.25, 0.3) is 11.8 Å². The summed E-state index contributed by atoms with van der Waals surface area (Å²) in [5, 5.41) is 3.23. The van der Waals surface area contributed by atoms with Crippen molar-refractivity contribution in [1.29, 1.82) is 0 Å². The number of benzene rings is 5. The number of nitrogens with two attached hydrogens (primary N) is 1. The van der Waals surface area contributed by atoms with Crippen LogP contribution in [0.4, 0.5) is 11.4 Å². The highest BCUT2D eigenvalue weighted by molar-refractivity contribution is 7.91. The number of imide groups is 1. The highest BCUT2D eigenvalue weighted by Gasteiger charge is 2.37. The van der Waals surface area contributed by atoms with E-state index in [4.69, 9.17) is 5.73 Å². The number of sulfone groups is 1. The van der Waals surface area contributed by atoms with E-state index in [1.54, 1.807) is 6.07 Å². The molecule has 0 aromatic heterocycles. The quantitative estimate of drug-likeness (QED) is 0.185. The number of nitrogens with zero attached hydrogens (tertiary/aromatic N) is 1. The molecule has 0 radical (unpaired) electrons. The van der Waals surface area contributed by atoms with Crippen LogP contribution in [0.15, 0.2) is 137 Å². The topological polar surface area (TPSA) is 97.5 Å². The van der Waals surface area contributed by atoms with E-state index in [1.165, 1.54) is 48.5 Å². The molecule has 0 spiro atoms. The molecule has 196 valence electrons. The van der Waals surface area contributed by atoms with Crippen LogP contribution in [0.1, 0.15) is 20.7 Å². The van der Waals surface area contributed by atoms with Crippen molar-refractivity contribution in [3.05, 3.63) is 139 Å². The fourth-order valence-corrected chi connectivity index (χ4v) is 8.34. The molecule has 0 fully saturated rings. The van der Waals surface area contributed by atoms with Crippen molar-refractivity contribution in [2.45, 2.75) is 9.79 Å². The molecule has 0 atom stereocenters. The van der Waals surface area contributed by atoms with Crippen LogP contribution in [0.5, 0.6) is 0 Å². The van der Waals surface area contributed by atoms with Gasteiger partial charge in [0.1, 0.15) is 0 Å². The molecule has 0 unspecified atom stereocenters. The monoisotopic (exact) mass is 562 g/mol. The summed E-state index contributed by atoms with van der Waals surface area (Å²) in [5.74, 6) is -0.878. The standard InChI is InChI=1S/C32H23N2O4PS/c33-22-11-16-27(17-12-22)40(37,38)28-18-13-23(14-19-28)34-31(35)29-20-15-26(21-30(29)32(34)36)39(24-7-3-1-4-8-24)25-9-5-2-6-10-25/h1-21H,33H2. The molecule has 0 saturated carbocycles. The van der Waals surface area contributed by atoms with Crippen LogP contribution >= 0.6 is 7.92 Å². The number of hydrogen-bond acceptors (Lipinski definition) is 5. The minimum absolute atomic E-state index is 0.0521. The molecule has 2 N–H and O–H groups in total. The van der Waals surface area contributed by atoms with Crippen LogP contribution in [-0.4, -0.2) is 20.2 Å². The van der Waals surface area contributed by atoms with Gasteiger partial charge in [-0.25, -0.2) is 13.3 Å². The predicted molar refractivity (Wildman–Crippen MR) is 159 cm³/mol. The second-order valence-corrected chi connectivity index (χ2v) is 13.4. The molecule has 6 rings (SSSR count). The van der Waals surface area contributed by atoms with Crippen molar-refractivity contribution in [3.8, 4) is 0 Å². The summed E-state index contributed by atoms with van der Waals surface area (Å²) >= 11 is 0. The van der Waals surface area contributed by atoms with E-state index < -0.39 is 29.6 Å². The van der Waals surface area contributed by atoms with E-state index >= 15 is 0 Å². The first-order chi connectivity index (χ1) is 19.3. The Hall–Kier alpha value is -4.58. The maximum absolute atomic E-state index is 13.6. The van der Waals surface area contributed by atoms with Gasteiger partial charge in [-0.3, -0.25) is 9.59 Å². The molecular formula is C32H23N2O4PS. The number of carbonyl (C=O) groups excluding carboxylic acids is 2. The molecule has 1 aliphatic rings. The Labute approximate surface area is 233 Å². The first-order valence-corrected chi connectivity index (χ1v) is 15.3.